The average molecular weight is 200 g/mol. The van der Waals surface area contributed by atoms with Crippen LogP contribution in [-0.4, -0.2) is 11.1 Å². The van der Waals surface area contributed by atoms with Crippen LogP contribution in [0.25, 0.3) is 0 Å². The fourth-order valence-electron chi connectivity index (χ4n) is 1.73. The Kier molecular flexibility index (Phi) is 8.70. The van der Waals surface area contributed by atoms with E-state index < -0.39 is 5.97 Å². The van der Waals surface area contributed by atoms with Crippen LogP contribution in [0.3, 0.4) is 0 Å². The van der Waals surface area contributed by atoms with Gasteiger partial charge in [0, 0.05) is 0 Å². The van der Waals surface area contributed by atoms with Crippen molar-refractivity contribution in [2.45, 2.75) is 65.2 Å². The molecule has 0 bridgehead atoms. The van der Waals surface area contributed by atoms with Gasteiger partial charge < -0.3 is 5.11 Å². The van der Waals surface area contributed by atoms with E-state index in [0.717, 1.165) is 25.7 Å². The minimum Gasteiger partial charge on any atom is -0.481 e. The summed E-state index contributed by atoms with van der Waals surface area (Å²) in [7, 11) is 0. The molecule has 0 spiro atoms. The third kappa shape index (κ3) is 6.93. The van der Waals surface area contributed by atoms with Gasteiger partial charge in [-0.15, -0.1) is 0 Å². The molecule has 0 aliphatic carbocycles. The molecular weight excluding hydrogens is 176 g/mol. The number of hydrogen-bond donors (Lipinski definition) is 1. The molecule has 0 aromatic heterocycles. The van der Waals surface area contributed by atoms with Crippen molar-refractivity contribution >= 4 is 5.97 Å². The van der Waals surface area contributed by atoms with Crippen LogP contribution in [0.2, 0.25) is 0 Å². The molecule has 2 nitrogen and oxygen atoms in total. The van der Waals surface area contributed by atoms with E-state index in [1.807, 2.05) is 6.92 Å². The van der Waals surface area contributed by atoms with Gasteiger partial charge in [-0.05, 0) is 12.8 Å². The van der Waals surface area contributed by atoms with Crippen molar-refractivity contribution in [1.29, 1.82) is 0 Å². The van der Waals surface area contributed by atoms with Crippen LogP contribution in [0.5, 0.6) is 0 Å². The second-order valence-electron chi connectivity index (χ2n) is 4.03. The summed E-state index contributed by atoms with van der Waals surface area (Å²) in [5.74, 6) is -0.705. The van der Waals surface area contributed by atoms with Crippen molar-refractivity contribution in [3.05, 3.63) is 0 Å². The predicted molar refractivity (Wildman–Crippen MR) is 59.4 cm³/mol. The number of rotatable bonds is 9. The Morgan fingerprint density at radius 2 is 1.64 bits per heavy atom. The van der Waals surface area contributed by atoms with Gasteiger partial charge in [0.2, 0.25) is 0 Å². The first-order valence-corrected chi connectivity index (χ1v) is 5.95. The topological polar surface area (TPSA) is 37.3 Å². The van der Waals surface area contributed by atoms with Gasteiger partial charge in [0.15, 0.2) is 0 Å². The highest BCUT2D eigenvalue weighted by molar-refractivity contribution is 5.69. The maximum absolute atomic E-state index is 10.8. The third-order valence-electron chi connectivity index (χ3n) is 2.64. The highest BCUT2D eigenvalue weighted by Gasteiger charge is 2.14. The summed E-state index contributed by atoms with van der Waals surface area (Å²) in [5.41, 5.74) is 0. The van der Waals surface area contributed by atoms with E-state index >= 15 is 0 Å². The Morgan fingerprint density at radius 1 is 1.00 bits per heavy atom. The van der Waals surface area contributed by atoms with Gasteiger partial charge in [0.1, 0.15) is 0 Å². The fraction of sp³-hybridized carbons (Fsp3) is 0.917. The van der Waals surface area contributed by atoms with Crippen LogP contribution in [0.15, 0.2) is 0 Å². The Morgan fingerprint density at radius 3 is 2.14 bits per heavy atom. The first-order valence-electron chi connectivity index (χ1n) is 5.95. The van der Waals surface area contributed by atoms with Gasteiger partial charge in [-0.2, -0.15) is 0 Å². The second kappa shape index (κ2) is 9.04. The van der Waals surface area contributed by atoms with Crippen LogP contribution in [-0.2, 0) is 4.79 Å². The molecule has 0 aromatic rings. The molecular formula is C12H24O2. The van der Waals surface area contributed by atoms with Crippen LogP contribution in [0, 0.1) is 5.92 Å². The molecule has 0 rings (SSSR count). The second-order valence-corrected chi connectivity index (χ2v) is 4.03. The van der Waals surface area contributed by atoms with Gasteiger partial charge >= 0.3 is 5.97 Å². The smallest absolute Gasteiger partial charge is 0.306 e. The molecule has 2 heteroatoms. The lowest BCUT2D eigenvalue weighted by atomic mass is 9.96. The Labute approximate surface area is 87.7 Å². The van der Waals surface area contributed by atoms with E-state index in [9.17, 15) is 4.79 Å². The maximum Gasteiger partial charge on any atom is 0.306 e. The number of unbranched alkanes of at least 4 members (excludes halogenated alkanes) is 4. The lowest BCUT2D eigenvalue weighted by molar-refractivity contribution is -0.142. The molecule has 1 N–H and O–H groups in total. The molecule has 0 saturated heterocycles. The quantitative estimate of drug-likeness (QED) is 0.574. The number of carboxylic acids is 1. The summed E-state index contributed by atoms with van der Waals surface area (Å²) in [4.78, 5) is 10.8. The minimum absolute atomic E-state index is 0.0957. The predicted octanol–water partition coefficient (Wildman–Crippen LogP) is 3.85. The Hall–Kier alpha value is -0.530. The summed E-state index contributed by atoms with van der Waals surface area (Å²) < 4.78 is 0. The zero-order chi connectivity index (χ0) is 10.8. The first-order chi connectivity index (χ1) is 6.72. The van der Waals surface area contributed by atoms with E-state index in [0.29, 0.717) is 0 Å². The summed E-state index contributed by atoms with van der Waals surface area (Å²) in [6.45, 7) is 4.24. The largest absolute Gasteiger partial charge is 0.481 e. The number of carboxylic acid groups (broad SMARTS) is 1. The monoisotopic (exact) mass is 200 g/mol. The normalized spacial score (nSPS) is 12.7. The van der Waals surface area contributed by atoms with E-state index in [4.69, 9.17) is 5.11 Å². The summed E-state index contributed by atoms with van der Waals surface area (Å²) >= 11 is 0. The molecule has 0 unspecified atom stereocenters. The molecule has 84 valence electrons. The average Bonchev–Trinajstić information content (AvgIpc) is 2.15. The number of aliphatic carboxylic acids is 1. The Bertz CT molecular complexity index is 143. The first kappa shape index (κ1) is 13.5. The van der Waals surface area contributed by atoms with E-state index in [2.05, 4.69) is 6.92 Å². The van der Waals surface area contributed by atoms with Crippen LogP contribution >= 0.6 is 0 Å². The summed E-state index contributed by atoms with van der Waals surface area (Å²) in [6, 6.07) is 0. The maximum atomic E-state index is 10.8. The van der Waals surface area contributed by atoms with Gasteiger partial charge in [0.25, 0.3) is 0 Å². The van der Waals surface area contributed by atoms with Crippen molar-refractivity contribution in [2.24, 2.45) is 5.92 Å². The van der Waals surface area contributed by atoms with Crippen molar-refractivity contribution in [3.8, 4) is 0 Å². The molecule has 0 aliphatic rings. The highest BCUT2D eigenvalue weighted by Crippen LogP contribution is 2.16. The van der Waals surface area contributed by atoms with E-state index in [1.165, 1.54) is 25.7 Å². The SMILES string of the molecule is CCCCCCC[C@@H](CCC)C(=O)O. The summed E-state index contributed by atoms with van der Waals surface area (Å²) in [5, 5.41) is 8.91. The molecule has 0 aliphatic heterocycles. The van der Waals surface area contributed by atoms with Gasteiger partial charge in [-0.3, -0.25) is 4.79 Å². The molecule has 0 aromatic carbocycles. The summed E-state index contributed by atoms with van der Waals surface area (Å²) in [6.07, 6.45) is 8.75. The molecule has 14 heavy (non-hydrogen) atoms. The Balaban J connectivity index is 3.46. The van der Waals surface area contributed by atoms with Gasteiger partial charge in [-0.1, -0.05) is 52.4 Å². The van der Waals surface area contributed by atoms with E-state index in [1.54, 1.807) is 0 Å². The van der Waals surface area contributed by atoms with Crippen LogP contribution in [0.4, 0.5) is 0 Å². The highest BCUT2D eigenvalue weighted by atomic mass is 16.4. The third-order valence-corrected chi connectivity index (χ3v) is 2.64. The van der Waals surface area contributed by atoms with Crippen molar-refractivity contribution in [2.75, 3.05) is 0 Å². The lowest BCUT2D eigenvalue weighted by Gasteiger charge is -2.10. The molecule has 0 saturated carbocycles. The standard InChI is InChI=1S/C12H24O2/c1-3-5-6-7-8-10-11(9-4-2)12(13)14/h11H,3-10H2,1-2H3,(H,13,14)/t11-/m1/s1. The van der Waals surface area contributed by atoms with Crippen molar-refractivity contribution in [1.82, 2.24) is 0 Å². The lowest BCUT2D eigenvalue weighted by Crippen LogP contribution is -2.13. The van der Waals surface area contributed by atoms with Crippen LogP contribution < -0.4 is 0 Å². The number of carbonyl (C=O) groups is 1. The zero-order valence-corrected chi connectivity index (χ0v) is 9.59. The fourth-order valence-corrected chi connectivity index (χ4v) is 1.73. The molecule has 0 radical (unpaired) electrons. The molecule has 0 fully saturated rings. The van der Waals surface area contributed by atoms with Gasteiger partial charge in [-0.25, -0.2) is 0 Å². The molecule has 0 heterocycles. The molecule has 0 amide bonds. The van der Waals surface area contributed by atoms with Crippen LogP contribution in [0.1, 0.15) is 65.2 Å². The minimum atomic E-state index is -0.609. The van der Waals surface area contributed by atoms with Crippen molar-refractivity contribution in [3.63, 3.8) is 0 Å². The molecule has 1 atom stereocenters. The van der Waals surface area contributed by atoms with E-state index in [-0.39, 0.29) is 5.92 Å². The van der Waals surface area contributed by atoms with Gasteiger partial charge in [0.05, 0.1) is 5.92 Å². The number of hydrogen-bond acceptors (Lipinski definition) is 1. The zero-order valence-electron chi connectivity index (χ0n) is 9.59. The van der Waals surface area contributed by atoms with Crippen molar-refractivity contribution < 1.29 is 9.90 Å².